The number of anilines is 1. The number of nitrogens with zero attached hydrogens (tertiary/aromatic N) is 2. The lowest BCUT2D eigenvalue weighted by molar-refractivity contribution is 0.415. The number of nitrogens with two attached hydrogens (primary N) is 1. The van der Waals surface area contributed by atoms with Crippen LogP contribution in [0.2, 0.25) is 0 Å². The van der Waals surface area contributed by atoms with E-state index in [2.05, 4.69) is 15.4 Å². The van der Waals surface area contributed by atoms with Gasteiger partial charge in [-0.05, 0) is 18.2 Å². The smallest absolute Gasteiger partial charge is 0.255 e. The van der Waals surface area contributed by atoms with E-state index in [9.17, 15) is 0 Å². The van der Waals surface area contributed by atoms with Crippen molar-refractivity contribution in [1.29, 1.82) is 0 Å². The van der Waals surface area contributed by atoms with E-state index in [4.69, 9.17) is 15.0 Å². The zero-order valence-electron chi connectivity index (χ0n) is 11.4. The number of methoxy groups -OCH3 is 1. The molecule has 0 aliphatic rings. The van der Waals surface area contributed by atoms with Gasteiger partial charge in [-0.1, -0.05) is 11.8 Å². The number of rotatable bonds is 5. The third-order valence-electron chi connectivity index (χ3n) is 3.00. The first-order valence-electron chi connectivity index (χ1n) is 6.26. The van der Waals surface area contributed by atoms with Crippen LogP contribution in [0.5, 0.6) is 5.75 Å². The Morgan fingerprint density at radius 2 is 2.29 bits per heavy atom. The van der Waals surface area contributed by atoms with Gasteiger partial charge in [-0.15, -0.1) is 0 Å². The number of benzene rings is 1. The summed E-state index contributed by atoms with van der Waals surface area (Å²) in [5.41, 5.74) is 4.45. The van der Waals surface area contributed by atoms with Crippen molar-refractivity contribution in [2.75, 3.05) is 12.5 Å². The number of pyridine rings is 1. The number of hydrogen-bond donors (Lipinski definition) is 2. The minimum atomic E-state index is 0.618. The van der Waals surface area contributed by atoms with E-state index in [0.717, 1.165) is 22.2 Å². The molecule has 0 radical (unpaired) electrons. The summed E-state index contributed by atoms with van der Waals surface area (Å²) in [6, 6.07) is 7.80. The van der Waals surface area contributed by atoms with E-state index < -0.39 is 0 Å². The Labute approximate surface area is 125 Å². The van der Waals surface area contributed by atoms with Crippen LogP contribution < -0.4 is 16.0 Å². The third-order valence-corrected chi connectivity index (χ3v) is 3.91. The molecule has 108 valence electrons. The van der Waals surface area contributed by atoms with Crippen LogP contribution in [-0.2, 0) is 5.75 Å². The van der Waals surface area contributed by atoms with Gasteiger partial charge in [-0.2, -0.15) is 0 Å². The molecule has 0 spiro atoms. The maximum Gasteiger partial charge on any atom is 0.255 e. The lowest BCUT2D eigenvalue weighted by Gasteiger charge is -2.10. The normalized spacial score (nSPS) is 10.8. The molecule has 0 amide bonds. The summed E-state index contributed by atoms with van der Waals surface area (Å²) in [6.07, 6.45) is 3.17. The lowest BCUT2D eigenvalue weighted by Crippen LogP contribution is -2.11. The van der Waals surface area contributed by atoms with Gasteiger partial charge in [0.05, 0.1) is 18.8 Å². The highest BCUT2D eigenvalue weighted by molar-refractivity contribution is 7.98. The first-order valence-corrected chi connectivity index (χ1v) is 7.25. The Balaban J connectivity index is 1.93. The fraction of sp³-hybridized carbons (Fsp3) is 0.143. The molecule has 6 nitrogen and oxygen atoms in total. The summed E-state index contributed by atoms with van der Waals surface area (Å²) >= 11 is 1.49. The number of hydrazine groups is 1. The minimum Gasteiger partial charge on any atom is -0.497 e. The molecule has 0 unspecified atom stereocenters. The van der Waals surface area contributed by atoms with Gasteiger partial charge in [0, 0.05) is 22.8 Å². The highest BCUT2D eigenvalue weighted by atomic mass is 32.2. The molecule has 0 aliphatic heterocycles. The van der Waals surface area contributed by atoms with Crippen LogP contribution in [0.4, 0.5) is 5.82 Å². The predicted molar refractivity (Wildman–Crippen MR) is 82.2 cm³/mol. The maximum atomic E-state index is 5.57. The number of thioether (sulfide) groups is 1. The number of oxazole rings is 1. The number of hydrogen-bond acceptors (Lipinski definition) is 7. The second kappa shape index (κ2) is 6.02. The standard InChI is InChI=1S/C14H14N4O2S/c1-19-11-3-2-9-6-10(8-21-14-16-4-5-20-14)13(18-15)17-12(9)7-11/h2-7H,8,15H2,1H3,(H,17,18). The Bertz CT molecular complexity index is 746. The molecule has 0 aliphatic carbocycles. The SMILES string of the molecule is COc1ccc2cc(CSc3ncco3)c(NN)nc2c1. The Hall–Kier alpha value is -2.25. The monoisotopic (exact) mass is 302 g/mol. The predicted octanol–water partition coefficient (Wildman–Crippen LogP) is 2.81. The van der Waals surface area contributed by atoms with Crippen LogP contribution in [0.15, 0.2) is 46.4 Å². The fourth-order valence-corrected chi connectivity index (χ4v) is 2.73. The van der Waals surface area contributed by atoms with Crippen LogP contribution in [-0.4, -0.2) is 17.1 Å². The van der Waals surface area contributed by atoms with Gasteiger partial charge < -0.3 is 14.6 Å². The molecule has 2 heterocycles. The largest absolute Gasteiger partial charge is 0.497 e. The van der Waals surface area contributed by atoms with E-state index in [0.29, 0.717) is 16.8 Å². The molecule has 0 saturated heterocycles. The van der Waals surface area contributed by atoms with E-state index >= 15 is 0 Å². The van der Waals surface area contributed by atoms with Crippen LogP contribution in [0, 0.1) is 0 Å². The van der Waals surface area contributed by atoms with Gasteiger partial charge in [-0.25, -0.2) is 15.8 Å². The molecular weight excluding hydrogens is 288 g/mol. The van der Waals surface area contributed by atoms with Crippen LogP contribution >= 0.6 is 11.8 Å². The highest BCUT2D eigenvalue weighted by Gasteiger charge is 2.09. The van der Waals surface area contributed by atoms with Crippen LogP contribution in [0.1, 0.15) is 5.56 Å². The van der Waals surface area contributed by atoms with Gasteiger partial charge in [0.25, 0.3) is 5.22 Å². The van der Waals surface area contributed by atoms with Crippen molar-refractivity contribution in [2.45, 2.75) is 11.0 Å². The number of aromatic nitrogens is 2. The fourth-order valence-electron chi connectivity index (χ4n) is 1.97. The topological polar surface area (TPSA) is 86.2 Å². The number of nitrogen functional groups attached to an aromatic ring is 1. The summed E-state index contributed by atoms with van der Waals surface area (Å²) < 4.78 is 10.4. The summed E-state index contributed by atoms with van der Waals surface area (Å²) in [6.45, 7) is 0. The number of nitrogens with one attached hydrogen (secondary N) is 1. The quantitative estimate of drug-likeness (QED) is 0.426. The average molecular weight is 302 g/mol. The van der Waals surface area contributed by atoms with Crippen molar-refractivity contribution in [1.82, 2.24) is 9.97 Å². The third kappa shape index (κ3) is 2.93. The number of fused-ring (bicyclic) bond motifs is 1. The first kappa shape index (κ1) is 13.7. The zero-order valence-corrected chi connectivity index (χ0v) is 12.2. The molecule has 0 saturated carbocycles. The van der Waals surface area contributed by atoms with Crippen molar-refractivity contribution < 1.29 is 9.15 Å². The number of ether oxygens (including phenoxy) is 1. The second-order valence-corrected chi connectivity index (χ2v) is 5.21. The zero-order chi connectivity index (χ0) is 14.7. The lowest BCUT2D eigenvalue weighted by atomic mass is 10.1. The Morgan fingerprint density at radius 3 is 3.00 bits per heavy atom. The van der Waals surface area contributed by atoms with Crippen molar-refractivity contribution in [3.63, 3.8) is 0 Å². The molecule has 3 N–H and O–H groups in total. The molecule has 0 bridgehead atoms. The molecular formula is C14H14N4O2S. The molecule has 7 heteroatoms. The van der Waals surface area contributed by atoms with Gasteiger partial charge in [-0.3, -0.25) is 0 Å². The van der Waals surface area contributed by atoms with Crippen molar-refractivity contribution >= 4 is 28.5 Å². The molecule has 0 fully saturated rings. The molecule has 21 heavy (non-hydrogen) atoms. The Morgan fingerprint density at radius 1 is 1.38 bits per heavy atom. The van der Waals surface area contributed by atoms with E-state index in [1.165, 1.54) is 11.8 Å². The van der Waals surface area contributed by atoms with Crippen molar-refractivity contribution in [2.24, 2.45) is 5.84 Å². The maximum absolute atomic E-state index is 5.57. The first-order chi connectivity index (χ1) is 10.3. The van der Waals surface area contributed by atoms with E-state index in [-0.39, 0.29) is 0 Å². The molecule has 3 rings (SSSR count). The summed E-state index contributed by atoms with van der Waals surface area (Å²) in [5, 5.41) is 1.64. The van der Waals surface area contributed by atoms with E-state index in [1.54, 1.807) is 19.6 Å². The summed E-state index contributed by atoms with van der Waals surface area (Å²) in [5.74, 6) is 7.63. The summed E-state index contributed by atoms with van der Waals surface area (Å²) in [4.78, 5) is 8.60. The highest BCUT2D eigenvalue weighted by Crippen LogP contribution is 2.28. The van der Waals surface area contributed by atoms with Gasteiger partial charge in [0.15, 0.2) is 0 Å². The second-order valence-electron chi connectivity index (χ2n) is 4.29. The van der Waals surface area contributed by atoms with Gasteiger partial charge in [0.1, 0.15) is 17.8 Å². The molecule has 0 atom stereocenters. The van der Waals surface area contributed by atoms with Gasteiger partial charge in [0.2, 0.25) is 0 Å². The van der Waals surface area contributed by atoms with Crippen LogP contribution in [0.25, 0.3) is 10.9 Å². The molecule has 2 aromatic heterocycles. The average Bonchev–Trinajstić information content (AvgIpc) is 3.04. The molecule has 3 aromatic rings. The Kier molecular flexibility index (Phi) is 3.94. The summed E-state index contributed by atoms with van der Waals surface area (Å²) in [7, 11) is 1.63. The minimum absolute atomic E-state index is 0.618. The van der Waals surface area contributed by atoms with Crippen molar-refractivity contribution in [3.8, 4) is 5.75 Å². The van der Waals surface area contributed by atoms with Crippen molar-refractivity contribution in [3.05, 3.63) is 42.3 Å². The van der Waals surface area contributed by atoms with Crippen LogP contribution in [0.3, 0.4) is 0 Å². The van der Waals surface area contributed by atoms with Gasteiger partial charge >= 0.3 is 0 Å². The van der Waals surface area contributed by atoms with E-state index in [1.807, 2.05) is 24.3 Å². The molecule has 1 aromatic carbocycles.